The van der Waals surface area contributed by atoms with Crippen molar-refractivity contribution in [3.63, 3.8) is 0 Å². The standard InChI is InChI=1S/C21H35N5O/c1-15(2)18-13-26(14-19(18)24-21(27)25(3)4)12-16-10-22-20(23-11-16)17-8-6-5-7-9-17/h10-11,15,17-19H,5-9,12-14H2,1-4H3,(H,24,27)/t18-,19+/m0/s1. The first-order valence-electron chi connectivity index (χ1n) is 10.4. The van der Waals surface area contributed by atoms with Crippen LogP contribution in [0.5, 0.6) is 0 Å². The van der Waals surface area contributed by atoms with Gasteiger partial charge in [0.05, 0.1) is 0 Å². The van der Waals surface area contributed by atoms with Gasteiger partial charge in [-0.3, -0.25) is 4.90 Å². The van der Waals surface area contributed by atoms with E-state index in [-0.39, 0.29) is 12.1 Å². The fourth-order valence-corrected chi connectivity index (χ4v) is 4.43. The molecule has 1 aliphatic heterocycles. The summed E-state index contributed by atoms with van der Waals surface area (Å²) >= 11 is 0. The molecule has 6 nitrogen and oxygen atoms in total. The lowest BCUT2D eigenvalue weighted by Crippen LogP contribution is -2.46. The molecule has 2 amide bonds. The third-order valence-corrected chi connectivity index (χ3v) is 6.11. The van der Waals surface area contributed by atoms with Gasteiger partial charge in [-0.2, -0.15) is 0 Å². The zero-order valence-corrected chi connectivity index (χ0v) is 17.3. The Morgan fingerprint density at radius 3 is 2.44 bits per heavy atom. The Hall–Kier alpha value is -1.69. The summed E-state index contributed by atoms with van der Waals surface area (Å²) < 4.78 is 0. The number of amides is 2. The number of hydrogen-bond donors (Lipinski definition) is 1. The van der Waals surface area contributed by atoms with Crippen LogP contribution in [0.25, 0.3) is 0 Å². The van der Waals surface area contributed by atoms with E-state index in [1.54, 1.807) is 19.0 Å². The zero-order valence-electron chi connectivity index (χ0n) is 17.3. The molecule has 2 atom stereocenters. The molecule has 1 saturated carbocycles. The number of carbonyl (C=O) groups is 1. The molecule has 1 N–H and O–H groups in total. The van der Waals surface area contributed by atoms with Crippen LogP contribution >= 0.6 is 0 Å². The molecule has 2 fully saturated rings. The van der Waals surface area contributed by atoms with Crippen LogP contribution in [0.2, 0.25) is 0 Å². The highest BCUT2D eigenvalue weighted by Crippen LogP contribution is 2.30. The maximum absolute atomic E-state index is 12.1. The van der Waals surface area contributed by atoms with E-state index in [2.05, 4.69) is 34.0 Å². The molecule has 6 heteroatoms. The highest BCUT2D eigenvalue weighted by Gasteiger charge is 2.35. The Bertz CT molecular complexity index is 610. The van der Waals surface area contributed by atoms with Gasteiger partial charge in [0.25, 0.3) is 0 Å². The minimum atomic E-state index is -0.00679. The Balaban J connectivity index is 1.59. The molecule has 0 bridgehead atoms. The van der Waals surface area contributed by atoms with Crippen molar-refractivity contribution in [1.29, 1.82) is 0 Å². The van der Waals surface area contributed by atoms with Crippen LogP contribution in [0.3, 0.4) is 0 Å². The third-order valence-electron chi connectivity index (χ3n) is 6.11. The first-order chi connectivity index (χ1) is 12.9. The zero-order chi connectivity index (χ0) is 19.4. The summed E-state index contributed by atoms with van der Waals surface area (Å²) in [5, 5.41) is 3.19. The minimum Gasteiger partial charge on any atom is -0.334 e. The van der Waals surface area contributed by atoms with Crippen molar-refractivity contribution in [2.24, 2.45) is 11.8 Å². The van der Waals surface area contributed by atoms with E-state index in [9.17, 15) is 4.79 Å². The fourth-order valence-electron chi connectivity index (χ4n) is 4.43. The van der Waals surface area contributed by atoms with Gasteiger partial charge >= 0.3 is 6.03 Å². The molecule has 0 unspecified atom stereocenters. The van der Waals surface area contributed by atoms with E-state index >= 15 is 0 Å². The van der Waals surface area contributed by atoms with E-state index in [0.717, 1.165) is 31.0 Å². The van der Waals surface area contributed by atoms with Gasteiger partial charge < -0.3 is 10.2 Å². The summed E-state index contributed by atoms with van der Waals surface area (Å²) in [5.41, 5.74) is 1.16. The maximum Gasteiger partial charge on any atom is 0.317 e. The van der Waals surface area contributed by atoms with Crippen molar-refractivity contribution in [1.82, 2.24) is 25.1 Å². The topological polar surface area (TPSA) is 61.4 Å². The van der Waals surface area contributed by atoms with Gasteiger partial charge in [0.1, 0.15) is 5.82 Å². The molecule has 0 aromatic carbocycles. The van der Waals surface area contributed by atoms with E-state index in [1.807, 2.05) is 12.4 Å². The van der Waals surface area contributed by atoms with Crippen LogP contribution in [0.15, 0.2) is 12.4 Å². The number of likely N-dealkylation sites (tertiary alicyclic amines) is 1. The molecule has 0 spiro atoms. The second-order valence-electron chi connectivity index (χ2n) is 8.84. The quantitative estimate of drug-likeness (QED) is 0.861. The fraction of sp³-hybridized carbons (Fsp3) is 0.762. The van der Waals surface area contributed by atoms with Crippen LogP contribution in [-0.4, -0.2) is 59.0 Å². The van der Waals surface area contributed by atoms with Gasteiger partial charge in [-0.1, -0.05) is 33.1 Å². The number of aromatic nitrogens is 2. The van der Waals surface area contributed by atoms with E-state index < -0.39 is 0 Å². The molecule has 1 aromatic heterocycles. The van der Waals surface area contributed by atoms with E-state index in [0.29, 0.717) is 17.8 Å². The van der Waals surface area contributed by atoms with Gasteiger partial charge in [0, 0.05) is 63.6 Å². The second-order valence-corrected chi connectivity index (χ2v) is 8.84. The minimum absolute atomic E-state index is 0.00679. The second kappa shape index (κ2) is 9.00. The lowest BCUT2D eigenvalue weighted by Gasteiger charge is -2.24. The van der Waals surface area contributed by atoms with Gasteiger partial charge in [0.2, 0.25) is 0 Å². The number of hydrogen-bond acceptors (Lipinski definition) is 4. The summed E-state index contributed by atoms with van der Waals surface area (Å²) in [5.74, 6) is 2.58. The third kappa shape index (κ3) is 5.18. The van der Waals surface area contributed by atoms with Crippen LogP contribution in [-0.2, 0) is 6.54 Å². The Morgan fingerprint density at radius 1 is 1.19 bits per heavy atom. The van der Waals surface area contributed by atoms with E-state index in [4.69, 9.17) is 0 Å². The van der Waals surface area contributed by atoms with Gasteiger partial charge in [0.15, 0.2) is 0 Å². The number of nitrogens with zero attached hydrogens (tertiary/aromatic N) is 4. The molecule has 2 heterocycles. The molecule has 1 saturated heterocycles. The highest BCUT2D eigenvalue weighted by molar-refractivity contribution is 5.73. The lowest BCUT2D eigenvalue weighted by molar-refractivity contribution is 0.207. The average Bonchev–Trinajstić information content (AvgIpc) is 3.05. The molecule has 2 aliphatic rings. The molecular formula is C21H35N5O. The molecule has 1 aromatic rings. The van der Waals surface area contributed by atoms with Crippen molar-refractivity contribution in [3.8, 4) is 0 Å². The molecule has 3 rings (SSSR count). The summed E-state index contributed by atoms with van der Waals surface area (Å²) in [6.45, 7) is 7.21. The Labute approximate surface area is 163 Å². The lowest BCUT2D eigenvalue weighted by atomic mass is 9.89. The first-order valence-corrected chi connectivity index (χ1v) is 10.4. The monoisotopic (exact) mass is 373 g/mol. The molecule has 150 valence electrons. The molecule has 0 radical (unpaired) electrons. The predicted molar refractivity (Wildman–Crippen MR) is 107 cm³/mol. The van der Waals surface area contributed by atoms with Crippen molar-refractivity contribution in [2.75, 3.05) is 27.2 Å². The Kier molecular flexibility index (Phi) is 6.68. The predicted octanol–water partition coefficient (Wildman–Crippen LogP) is 3.25. The van der Waals surface area contributed by atoms with Crippen LogP contribution in [0.1, 0.15) is 63.3 Å². The number of carbonyl (C=O) groups excluding carboxylic acids is 1. The summed E-state index contributed by atoms with van der Waals surface area (Å²) in [6, 6.07) is 0.190. The van der Waals surface area contributed by atoms with Crippen molar-refractivity contribution in [2.45, 2.75) is 64.5 Å². The molecule has 1 aliphatic carbocycles. The van der Waals surface area contributed by atoms with E-state index in [1.165, 1.54) is 32.1 Å². The van der Waals surface area contributed by atoms with Crippen LogP contribution < -0.4 is 5.32 Å². The highest BCUT2D eigenvalue weighted by atomic mass is 16.2. The van der Waals surface area contributed by atoms with Crippen molar-refractivity contribution < 1.29 is 4.79 Å². The number of nitrogens with one attached hydrogen (secondary N) is 1. The maximum atomic E-state index is 12.1. The summed E-state index contributed by atoms with van der Waals surface area (Å²) in [4.78, 5) is 25.5. The molecular weight excluding hydrogens is 338 g/mol. The van der Waals surface area contributed by atoms with Crippen LogP contribution in [0, 0.1) is 11.8 Å². The van der Waals surface area contributed by atoms with Crippen LogP contribution in [0.4, 0.5) is 4.79 Å². The van der Waals surface area contributed by atoms with Gasteiger partial charge in [-0.05, 0) is 24.7 Å². The largest absolute Gasteiger partial charge is 0.334 e. The van der Waals surface area contributed by atoms with Crippen molar-refractivity contribution in [3.05, 3.63) is 23.8 Å². The molecule has 27 heavy (non-hydrogen) atoms. The summed E-state index contributed by atoms with van der Waals surface area (Å²) in [6.07, 6.45) is 10.4. The van der Waals surface area contributed by atoms with Gasteiger partial charge in [-0.15, -0.1) is 0 Å². The van der Waals surface area contributed by atoms with Crippen molar-refractivity contribution >= 4 is 6.03 Å². The number of urea groups is 1. The smallest absolute Gasteiger partial charge is 0.317 e. The Morgan fingerprint density at radius 2 is 1.85 bits per heavy atom. The normalized spacial score (nSPS) is 24.3. The summed E-state index contributed by atoms with van der Waals surface area (Å²) in [7, 11) is 3.58. The average molecular weight is 374 g/mol. The van der Waals surface area contributed by atoms with Gasteiger partial charge in [-0.25, -0.2) is 14.8 Å². The SMILES string of the molecule is CC(C)[C@@H]1CN(Cc2cnc(C3CCCCC3)nc2)C[C@H]1NC(=O)N(C)C. The first kappa shape index (κ1) is 20.1. The number of rotatable bonds is 5.